The highest BCUT2D eigenvalue weighted by Crippen LogP contribution is 2.20. The third-order valence-corrected chi connectivity index (χ3v) is 3.35. The molecule has 0 atom stereocenters. The van der Waals surface area contributed by atoms with Crippen LogP contribution < -0.4 is 5.73 Å². The Morgan fingerprint density at radius 1 is 1.28 bits per heavy atom. The minimum Gasteiger partial charge on any atom is -0.458 e. The van der Waals surface area contributed by atoms with Crippen LogP contribution in [0.3, 0.4) is 0 Å². The van der Waals surface area contributed by atoms with E-state index in [1.54, 1.807) is 12.3 Å². The molecule has 2 rings (SSSR count). The van der Waals surface area contributed by atoms with Gasteiger partial charge >= 0.3 is 5.97 Å². The zero-order valence-electron chi connectivity index (χ0n) is 10.6. The number of rotatable bonds is 3. The molecule has 1 aromatic heterocycles. The number of nitrogens with two attached hydrogens (primary N) is 1. The van der Waals surface area contributed by atoms with E-state index >= 15 is 0 Å². The van der Waals surface area contributed by atoms with Crippen LogP contribution in [0.15, 0.2) is 18.3 Å². The Bertz CT molecular complexity index is 381. The van der Waals surface area contributed by atoms with E-state index in [1.807, 2.05) is 6.07 Å². The van der Waals surface area contributed by atoms with Gasteiger partial charge in [0.25, 0.3) is 0 Å². The van der Waals surface area contributed by atoms with Gasteiger partial charge in [-0.3, -0.25) is 0 Å². The molecule has 98 valence electrons. The summed E-state index contributed by atoms with van der Waals surface area (Å²) < 4.78 is 5.50. The molecule has 4 nitrogen and oxygen atoms in total. The number of nitrogens with zero attached hydrogens (tertiary/aromatic N) is 1. The van der Waals surface area contributed by atoms with Crippen molar-refractivity contribution in [1.29, 1.82) is 0 Å². The number of hydrogen-bond acceptors (Lipinski definition) is 4. The molecule has 0 bridgehead atoms. The summed E-state index contributed by atoms with van der Waals surface area (Å²) in [6.45, 7) is 0.435. The fraction of sp³-hybridized carbons (Fsp3) is 0.571. The van der Waals surface area contributed by atoms with Gasteiger partial charge in [0.1, 0.15) is 11.8 Å². The van der Waals surface area contributed by atoms with Crippen LogP contribution in [0.4, 0.5) is 0 Å². The molecule has 0 aromatic carbocycles. The van der Waals surface area contributed by atoms with Gasteiger partial charge < -0.3 is 10.5 Å². The summed E-state index contributed by atoms with van der Waals surface area (Å²) in [5.41, 5.74) is 6.78. The Morgan fingerprint density at radius 3 is 2.56 bits per heavy atom. The Hall–Kier alpha value is -1.42. The van der Waals surface area contributed by atoms with Crippen LogP contribution in [0.25, 0.3) is 0 Å². The molecular formula is C14H20N2O2. The minimum absolute atomic E-state index is 0.0657. The van der Waals surface area contributed by atoms with E-state index in [4.69, 9.17) is 10.5 Å². The summed E-state index contributed by atoms with van der Waals surface area (Å²) in [7, 11) is 0. The number of hydrogen-bond donors (Lipinski definition) is 1. The van der Waals surface area contributed by atoms with Crippen molar-refractivity contribution in [3.05, 3.63) is 29.6 Å². The van der Waals surface area contributed by atoms with Gasteiger partial charge in [0.05, 0.1) is 0 Å². The van der Waals surface area contributed by atoms with E-state index in [2.05, 4.69) is 4.98 Å². The lowest BCUT2D eigenvalue weighted by Crippen LogP contribution is -2.18. The topological polar surface area (TPSA) is 65.2 Å². The largest absolute Gasteiger partial charge is 0.458 e. The molecule has 1 aromatic rings. The first-order chi connectivity index (χ1) is 8.79. The standard InChI is InChI=1S/C14H20N2O2/c15-9-11-7-8-13(16-10-11)14(17)18-12-5-3-1-2-4-6-12/h7-8,10,12H,1-6,9,15H2. The van der Waals surface area contributed by atoms with Crippen molar-refractivity contribution in [2.24, 2.45) is 5.73 Å². The fourth-order valence-electron chi connectivity index (χ4n) is 2.24. The first kappa shape index (κ1) is 13.0. The number of pyridine rings is 1. The highest BCUT2D eigenvalue weighted by atomic mass is 16.5. The molecule has 18 heavy (non-hydrogen) atoms. The van der Waals surface area contributed by atoms with Crippen LogP contribution in [0, 0.1) is 0 Å². The molecule has 1 saturated carbocycles. The molecule has 1 aliphatic carbocycles. The lowest BCUT2D eigenvalue weighted by Gasteiger charge is -2.14. The Kier molecular flexibility index (Phi) is 4.70. The van der Waals surface area contributed by atoms with E-state index in [0.29, 0.717) is 12.2 Å². The maximum atomic E-state index is 11.9. The lowest BCUT2D eigenvalue weighted by molar-refractivity contribution is 0.0260. The number of carbonyl (C=O) groups is 1. The second-order valence-corrected chi connectivity index (χ2v) is 4.77. The van der Waals surface area contributed by atoms with E-state index in [9.17, 15) is 4.79 Å². The van der Waals surface area contributed by atoms with Crippen LogP contribution in [-0.2, 0) is 11.3 Å². The molecule has 0 aliphatic heterocycles. The molecule has 0 saturated heterocycles. The Balaban J connectivity index is 1.93. The molecule has 4 heteroatoms. The van der Waals surface area contributed by atoms with Gasteiger partial charge in [-0.05, 0) is 37.3 Å². The van der Waals surface area contributed by atoms with Gasteiger partial charge in [0, 0.05) is 12.7 Å². The third kappa shape index (κ3) is 3.53. The van der Waals surface area contributed by atoms with E-state index in [0.717, 1.165) is 31.2 Å². The summed E-state index contributed by atoms with van der Waals surface area (Å²) >= 11 is 0. The van der Waals surface area contributed by atoms with Crippen LogP contribution >= 0.6 is 0 Å². The van der Waals surface area contributed by atoms with Gasteiger partial charge in [-0.2, -0.15) is 0 Å². The van der Waals surface area contributed by atoms with Crippen molar-refractivity contribution in [2.45, 2.75) is 51.2 Å². The molecular weight excluding hydrogens is 228 g/mol. The van der Waals surface area contributed by atoms with Crippen LogP contribution in [-0.4, -0.2) is 17.1 Å². The molecule has 1 aliphatic rings. The highest BCUT2D eigenvalue weighted by molar-refractivity contribution is 5.87. The predicted molar refractivity (Wildman–Crippen MR) is 69.0 cm³/mol. The first-order valence-corrected chi connectivity index (χ1v) is 6.65. The summed E-state index contributed by atoms with van der Waals surface area (Å²) in [6.07, 6.45) is 8.45. The Morgan fingerprint density at radius 2 is 2.00 bits per heavy atom. The van der Waals surface area contributed by atoms with Crippen molar-refractivity contribution in [3.8, 4) is 0 Å². The summed E-state index contributed by atoms with van der Waals surface area (Å²) in [6, 6.07) is 3.50. The molecule has 0 spiro atoms. The number of aromatic nitrogens is 1. The molecule has 1 fully saturated rings. The molecule has 1 heterocycles. The summed E-state index contributed by atoms with van der Waals surface area (Å²) in [5.74, 6) is -0.314. The maximum Gasteiger partial charge on any atom is 0.357 e. The van der Waals surface area contributed by atoms with Crippen molar-refractivity contribution < 1.29 is 9.53 Å². The van der Waals surface area contributed by atoms with Crippen molar-refractivity contribution in [3.63, 3.8) is 0 Å². The van der Waals surface area contributed by atoms with Crippen LogP contribution in [0.1, 0.15) is 54.6 Å². The van der Waals surface area contributed by atoms with Gasteiger partial charge in [-0.25, -0.2) is 9.78 Å². The SMILES string of the molecule is NCc1ccc(C(=O)OC2CCCCCC2)nc1. The van der Waals surface area contributed by atoms with Crippen molar-refractivity contribution in [1.82, 2.24) is 4.98 Å². The van der Waals surface area contributed by atoms with E-state index < -0.39 is 0 Å². The monoisotopic (exact) mass is 248 g/mol. The Labute approximate surface area is 108 Å². The van der Waals surface area contributed by atoms with Crippen molar-refractivity contribution in [2.75, 3.05) is 0 Å². The summed E-state index contributed by atoms with van der Waals surface area (Å²) in [5, 5.41) is 0. The third-order valence-electron chi connectivity index (χ3n) is 3.35. The summed E-state index contributed by atoms with van der Waals surface area (Å²) in [4.78, 5) is 16.0. The zero-order valence-corrected chi connectivity index (χ0v) is 10.6. The van der Waals surface area contributed by atoms with E-state index in [-0.39, 0.29) is 12.1 Å². The smallest absolute Gasteiger partial charge is 0.357 e. The zero-order chi connectivity index (χ0) is 12.8. The second kappa shape index (κ2) is 6.50. The minimum atomic E-state index is -0.314. The molecule has 2 N–H and O–H groups in total. The lowest BCUT2D eigenvalue weighted by atomic mass is 10.1. The maximum absolute atomic E-state index is 11.9. The molecule has 0 amide bonds. The second-order valence-electron chi connectivity index (χ2n) is 4.77. The average molecular weight is 248 g/mol. The van der Waals surface area contributed by atoms with E-state index in [1.165, 1.54) is 12.8 Å². The normalized spacial score (nSPS) is 17.2. The van der Waals surface area contributed by atoms with Crippen molar-refractivity contribution >= 4 is 5.97 Å². The fourth-order valence-corrected chi connectivity index (χ4v) is 2.24. The quantitative estimate of drug-likeness (QED) is 0.659. The van der Waals surface area contributed by atoms with Gasteiger partial charge in [0.15, 0.2) is 0 Å². The first-order valence-electron chi connectivity index (χ1n) is 6.65. The highest BCUT2D eigenvalue weighted by Gasteiger charge is 2.18. The van der Waals surface area contributed by atoms with Crippen LogP contribution in [0.2, 0.25) is 0 Å². The molecule has 0 unspecified atom stereocenters. The number of esters is 1. The van der Waals surface area contributed by atoms with Gasteiger partial charge in [-0.1, -0.05) is 18.9 Å². The number of ether oxygens (including phenoxy) is 1. The average Bonchev–Trinajstić information content (AvgIpc) is 2.67. The molecule has 0 radical (unpaired) electrons. The van der Waals surface area contributed by atoms with Gasteiger partial charge in [0.2, 0.25) is 0 Å². The van der Waals surface area contributed by atoms with Crippen LogP contribution in [0.5, 0.6) is 0 Å². The van der Waals surface area contributed by atoms with Gasteiger partial charge in [-0.15, -0.1) is 0 Å². The number of carbonyl (C=O) groups excluding carboxylic acids is 1. The predicted octanol–water partition coefficient (Wildman–Crippen LogP) is 2.42.